The van der Waals surface area contributed by atoms with Gasteiger partial charge in [-0.3, -0.25) is 19.2 Å². The monoisotopic (exact) mass is 311 g/mol. The summed E-state index contributed by atoms with van der Waals surface area (Å²) < 4.78 is 6.64. The molecule has 1 aliphatic heterocycles. The Morgan fingerprint density at radius 3 is 2.64 bits per heavy atom. The van der Waals surface area contributed by atoms with Crippen molar-refractivity contribution in [1.29, 1.82) is 0 Å². The number of hydrogen-bond acceptors (Lipinski definition) is 5. The smallest absolute Gasteiger partial charge is 0.412 e. The van der Waals surface area contributed by atoms with Crippen LogP contribution in [0.15, 0.2) is 21.9 Å². The summed E-state index contributed by atoms with van der Waals surface area (Å²) in [5.41, 5.74) is -1.77. The maximum Gasteiger partial charge on any atom is 0.412 e. The molecule has 1 saturated heterocycles. The number of H-pyrrole nitrogens is 1. The number of aromatic amines is 1. The van der Waals surface area contributed by atoms with Crippen molar-refractivity contribution in [3.8, 4) is 0 Å². The molecule has 1 aromatic rings. The number of likely N-dealkylation sites (tertiary alicyclic amines) is 1. The molecular weight excluding hydrogens is 290 g/mol. The molecule has 1 aromatic heterocycles. The van der Waals surface area contributed by atoms with E-state index in [4.69, 9.17) is 4.74 Å². The second kappa shape index (κ2) is 5.96. The van der Waals surface area contributed by atoms with Gasteiger partial charge in [-0.15, -0.1) is 0 Å². The van der Waals surface area contributed by atoms with Crippen molar-refractivity contribution in [2.75, 3.05) is 6.61 Å². The maximum atomic E-state index is 12.4. The minimum Gasteiger partial charge on any atom is -0.444 e. The van der Waals surface area contributed by atoms with E-state index < -0.39 is 35.2 Å². The zero-order valence-electron chi connectivity index (χ0n) is 12.9. The summed E-state index contributed by atoms with van der Waals surface area (Å²) in [6.07, 6.45) is 1.22. The summed E-state index contributed by atoms with van der Waals surface area (Å²) in [7, 11) is 0. The molecule has 8 heteroatoms. The van der Waals surface area contributed by atoms with Crippen molar-refractivity contribution in [3.05, 3.63) is 33.1 Å². The Labute approximate surface area is 127 Å². The van der Waals surface area contributed by atoms with E-state index in [9.17, 15) is 19.5 Å². The number of ether oxygens (including phenoxy) is 1. The lowest BCUT2D eigenvalue weighted by atomic mass is 10.2. The summed E-state index contributed by atoms with van der Waals surface area (Å²) in [5, 5.41) is 9.47. The lowest BCUT2D eigenvalue weighted by Crippen LogP contribution is -2.46. The molecule has 1 fully saturated rings. The molecule has 2 N–H and O–H groups in total. The van der Waals surface area contributed by atoms with Gasteiger partial charge in [0.2, 0.25) is 0 Å². The predicted octanol–water partition coefficient (Wildman–Crippen LogP) is 0.427. The average Bonchev–Trinajstić information content (AvgIpc) is 2.80. The van der Waals surface area contributed by atoms with Crippen LogP contribution >= 0.6 is 0 Å². The van der Waals surface area contributed by atoms with E-state index in [1.165, 1.54) is 21.7 Å². The predicted molar refractivity (Wildman–Crippen MR) is 78.5 cm³/mol. The normalized spacial score (nSPS) is 21.9. The van der Waals surface area contributed by atoms with E-state index in [0.29, 0.717) is 12.8 Å². The summed E-state index contributed by atoms with van der Waals surface area (Å²) in [6.45, 7) is 5.02. The molecule has 2 rings (SSSR count). The number of amides is 1. The molecule has 2 heterocycles. The zero-order chi connectivity index (χ0) is 16.5. The van der Waals surface area contributed by atoms with Crippen molar-refractivity contribution in [2.24, 2.45) is 0 Å². The number of rotatable bonds is 2. The highest BCUT2D eigenvalue weighted by Crippen LogP contribution is 2.32. The number of nitrogens with one attached hydrogen (secondary N) is 1. The molecule has 22 heavy (non-hydrogen) atoms. The molecule has 0 saturated carbocycles. The van der Waals surface area contributed by atoms with Gasteiger partial charge in [0, 0.05) is 12.3 Å². The molecule has 1 aliphatic rings. The Hall–Kier alpha value is -2.09. The zero-order valence-corrected chi connectivity index (χ0v) is 12.9. The number of aliphatic hydroxyl groups excluding tert-OH is 1. The first-order valence-corrected chi connectivity index (χ1v) is 7.16. The molecule has 0 aromatic carbocycles. The van der Waals surface area contributed by atoms with E-state index in [0.717, 1.165) is 0 Å². The van der Waals surface area contributed by atoms with Gasteiger partial charge in [-0.2, -0.15) is 0 Å². The van der Waals surface area contributed by atoms with Gasteiger partial charge >= 0.3 is 11.8 Å². The van der Waals surface area contributed by atoms with Gasteiger partial charge in [0.15, 0.2) is 0 Å². The molecule has 0 bridgehead atoms. The van der Waals surface area contributed by atoms with Gasteiger partial charge in [-0.1, -0.05) is 0 Å². The fourth-order valence-electron chi connectivity index (χ4n) is 2.56. The molecule has 0 aliphatic carbocycles. The minimum absolute atomic E-state index is 0.214. The summed E-state index contributed by atoms with van der Waals surface area (Å²) >= 11 is 0. The Morgan fingerprint density at radius 2 is 2.09 bits per heavy atom. The van der Waals surface area contributed by atoms with Crippen molar-refractivity contribution in [2.45, 2.75) is 51.4 Å². The van der Waals surface area contributed by atoms with Gasteiger partial charge in [0.25, 0.3) is 5.56 Å². The number of hydrogen-bond donors (Lipinski definition) is 2. The first-order chi connectivity index (χ1) is 10.2. The highest BCUT2D eigenvalue weighted by atomic mass is 16.6. The fraction of sp³-hybridized carbons (Fsp3) is 0.643. The SMILES string of the molecule is CC(C)(C)OC(=O)N1[C@@H](CO)CC[C@H]1n1ccc(=O)[nH]c1=O. The van der Waals surface area contributed by atoms with E-state index >= 15 is 0 Å². The van der Waals surface area contributed by atoms with Crippen molar-refractivity contribution < 1.29 is 14.6 Å². The van der Waals surface area contributed by atoms with E-state index in [1.807, 2.05) is 0 Å². The molecule has 1 amide bonds. The Bertz CT molecular complexity index is 657. The van der Waals surface area contributed by atoms with Crippen molar-refractivity contribution in [1.82, 2.24) is 14.5 Å². The summed E-state index contributed by atoms with van der Waals surface area (Å²) in [6, 6.07) is 0.805. The average molecular weight is 311 g/mol. The van der Waals surface area contributed by atoms with Crippen LogP contribution in [-0.4, -0.2) is 43.9 Å². The molecule has 0 unspecified atom stereocenters. The third kappa shape index (κ3) is 3.38. The van der Waals surface area contributed by atoms with Crippen LogP contribution < -0.4 is 11.2 Å². The van der Waals surface area contributed by atoms with Crippen LogP contribution in [0.25, 0.3) is 0 Å². The largest absolute Gasteiger partial charge is 0.444 e. The van der Waals surface area contributed by atoms with Gasteiger partial charge < -0.3 is 9.84 Å². The van der Waals surface area contributed by atoms with Crippen LogP contribution in [0.4, 0.5) is 4.79 Å². The number of aliphatic hydroxyl groups is 1. The van der Waals surface area contributed by atoms with Crippen molar-refractivity contribution >= 4 is 6.09 Å². The second-order valence-corrected chi connectivity index (χ2v) is 6.30. The summed E-state index contributed by atoms with van der Waals surface area (Å²) in [4.78, 5) is 39.0. The quantitative estimate of drug-likeness (QED) is 0.824. The van der Waals surface area contributed by atoms with Crippen LogP contribution in [0.3, 0.4) is 0 Å². The van der Waals surface area contributed by atoms with Crippen molar-refractivity contribution in [3.63, 3.8) is 0 Å². The van der Waals surface area contributed by atoms with Gasteiger partial charge in [-0.25, -0.2) is 9.59 Å². The van der Waals surface area contributed by atoms with Gasteiger partial charge in [0.1, 0.15) is 11.8 Å². The third-order valence-electron chi connectivity index (χ3n) is 3.46. The lowest BCUT2D eigenvalue weighted by molar-refractivity contribution is 0.000603. The number of carbonyl (C=O) groups is 1. The van der Waals surface area contributed by atoms with E-state index in [1.54, 1.807) is 20.8 Å². The van der Waals surface area contributed by atoms with E-state index in [-0.39, 0.29) is 6.61 Å². The first-order valence-electron chi connectivity index (χ1n) is 7.16. The van der Waals surface area contributed by atoms with Crippen LogP contribution in [0.2, 0.25) is 0 Å². The van der Waals surface area contributed by atoms with Gasteiger partial charge in [-0.05, 0) is 33.6 Å². The van der Waals surface area contributed by atoms with Crippen LogP contribution in [0.1, 0.15) is 39.8 Å². The molecule has 2 atom stereocenters. The van der Waals surface area contributed by atoms with E-state index in [2.05, 4.69) is 4.98 Å². The lowest BCUT2D eigenvalue weighted by Gasteiger charge is -2.32. The van der Waals surface area contributed by atoms with Crippen LogP contribution in [0, 0.1) is 0 Å². The number of nitrogens with zero attached hydrogens (tertiary/aromatic N) is 2. The molecule has 8 nitrogen and oxygen atoms in total. The number of carbonyl (C=O) groups excluding carboxylic acids is 1. The van der Waals surface area contributed by atoms with Crippen LogP contribution in [-0.2, 0) is 4.74 Å². The number of aromatic nitrogens is 2. The topological polar surface area (TPSA) is 105 Å². The van der Waals surface area contributed by atoms with Gasteiger partial charge in [0.05, 0.1) is 12.6 Å². The molecule has 0 spiro atoms. The second-order valence-electron chi connectivity index (χ2n) is 6.30. The molecule has 122 valence electrons. The Balaban J connectivity index is 2.35. The standard InChI is InChI=1S/C14H21N3O5/c1-14(2,3)22-13(21)17-9(8-18)4-5-11(17)16-7-6-10(19)15-12(16)20/h6-7,9,11,18H,4-5,8H2,1-3H3,(H,15,19,20)/t9-,11+/m1/s1. The highest BCUT2D eigenvalue weighted by molar-refractivity contribution is 5.69. The third-order valence-corrected chi connectivity index (χ3v) is 3.46. The first kappa shape index (κ1) is 16.3. The minimum atomic E-state index is -0.680. The van der Waals surface area contributed by atoms with Crippen LogP contribution in [0.5, 0.6) is 0 Å². The Kier molecular flexibility index (Phi) is 4.41. The summed E-state index contributed by atoms with van der Waals surface area (Å²) in [5.74, 6) is 0. The fourth-order valence-corrected chi connectivity index (χ4v) is 2.56. The Morgan fingerprint density at radius 1 is 1.41 bits per heavy atom. The molecular formula is C14H21N3O5. The molecule has 0 radical (unpaired) electrons. The maximum absolute atomic E-state index is 12.4. The highest BCUT2D eigenvalue weighted by Gasteiger charge is 2.40.